The Labute approximate surface area is 110 Å². The number of aliphatic hydroxyl groups excluding tert-OH is 1. The Bertz CT molecular complexity index is 427. The summed E-state index contributed by atoms with van der Waals surface area (Å²) in [6.07, 6.45) is 1.13. The van der Waals surface area contributed by atoms with Crippen molar-refractivity contribution in [1.82, 2.24) is 0 Å². The highest BCUT2D eigenvalue weighted by molar-refractivity contribution is 9.11. The summed E-state index contributed by atoms with van der Waals surface area (Å²) in [5.41, 5.74) is 0. The third-order valence-corrected chi connectivity index (χ3v) is 2.79. The van der Waals surface area contributed by atoms with E-state index in [2.05, 4.69) is 31.9 Å². The highest BCUT2D eigenvalue weighted by Crippen LogP contribution is 2.28. The molecule has 5 heteroatoms. The molecule has 0 radical (unpaired) electrons. The van der Waals surface area contributed by atoms with E-state index in [4.69, 9.17) is 4.74 Å². The zero-order valence-corrected chi connectivity index (χ0v) is 11.7. The van der Waals surface area contributed by atoms with Crippen molar-refractivity contribution in [3.8, 4) is 5.75 Å². The monoisotopic (exact) mass is 348 g/mol. The molecule has 16 heavy (non-hydrogen) atoms. The second-order valence-electron chi connectivity index (χ2n) is 3.11. The summed E-state index contributed by atoms with van der Waals surface area (Å²) in [5, 5.41) is 9.33. The average Bonchev–Trinajstić information content (AvgIpc) is 2.18. The maximum Gasteiger partial charge on any atom is 0.156 e. The van der Waals surface area contributed by atoms with E-state index in [0.29, 0.717) is 5.75 Å². The van der Waals surface area contributed by atoms with Gasteiger partial charge in [-0.15, -0.1) is 0 Å². The Kier molecular flexibility index (Phi) is 5.02. The third-order valence-electron chi connectivity index (χ3n) is 1.64. The number of rotatable bonds is 4. The fourth-order valence-electron chi connectivity index (χ4n) is 1.02. The molecule has 0 heterocycles. The minimum absolute atomic E-state index is 0.0331. The van der Waals surface area contributed by atoms with Gasteiger partial charge in [-0.05, 0) is 41.1 Å². The topological polar surface area (TPSA) is 46.5 Å². The minimum Gasteiger partial charge on any atom is -0.509 e. The lowest BCUT2D eigenvalue weighted by atomic mass is 10.3. The van der Waals surface area contributed by atoms with Crippen LogP contribution in [0.5, 0.6) is 5.75 Å². The predicted molar refractivity (Wildman–Crippen MR) is 68.7 cm³/mol. The number of carbonyl (C=O) groups is 1. The van der Waals surface area contributed by atoms with Crippen molar-refractivity contribution >= 4 is 37.6 Å². The number of halogens is 2. The number of allylic oxidation sites excluding steroid dienone is 1. The van der Waals surface area contributed by atoms with Gasteiger partial charge in [0.15, 0.2) is 5.78 Å². The van der Waals surface area contributed by atoms with Crippen LogP contribution in [0, 0.1) is 0 Å². The molecule has 3 nitrogen and oxygen atoms in total. The van der Waals surface area contributed by atoms with Crippen molar-refractivity contribution in [2.75, 3.05) is 6.61 Å². The second kappa shape index (κ2) is 6.06. The predicted octanol–water partition coefficient (Wildman–Crippen LogP) is 3.62. The van der Waals surface area contributed by atoms with Gasteiger partial charge >= 0.3 is 0 Å². The minimum atomic E-state index is -0.214. The molecule has 1 N–H and O–H groups in total. The highest BCUT2D eigenvalue weighted by atomic mass is 79.9. The molecule has 0 spiro atoms. The van der Waals surface area contributed by atoms with Crippen LogP contribution in [0.1, 0.15) is 6.92 Å². The first-order chi connectivity index (χ1) is 7.49. The highest BCUT2D eigenvalue weighted by Gasteiger charge is 2.03. The molecule has 1 aromatic carbocycles. The maximum absolute atomic E-state index is 10.7. The molecule has 0 aliphatic carbocycles. The van der Waals surface area contributed by atoms with E-state index < -0.39 is 0 Å². The largest absolute Gasteiger partial charge is 0.509 e. The van der Waals surface area contributed by atoms with E-state index >= 15 is 0 Å². The Morgan fingerprint density at radius 2 is 2.19 bits per heavy atom. The second-order valence-corrected chi connectivity index (χ2v) is 4.88. The van der Waals surface area contributed by atoms with Crippen molar-refractivity contribution in [1.29, 1.82) is 0 Å². The number of hydrogen-bond donors (Lipinski definition) is 1. The smallest absolute Gasteiger partial charge is 0.156 e. The Hall–Kier alpha value is -0.810. The number of ketones is 1. The lowest BCUT2D eigenvalue weighted by Crippen LogP contribution is -2.02. The van der Waals surface area contributed by atoms with Gasteiger partial charge in [-0.2, -0.15) is 0 Å². The molecule has 0 aliphatic rings. The van der Waals surface area contributed by atoms with Crippen LogP contribution in [0.3, 0.4) is 0 Å². The molecule has 0 amide bonds. The standard InChI is InChI=1S/C11H10Br2O3/c1-7(14)4-9(15)6-16-11-5-8(12)2-3-10(11)13/h2-5,15H,6H2,1H3/b9-4-. The first kappa shape index (κ1) is 13.3. The van der Waals surface area contributed by atoms with Gasteiger partial charge < -0.3 is 9.84 Å². The van der Waals surface area contributed by atoms with E-state index in [1.54, 1.807) is 6.07 Å². The third kappa shape index (κ3) is 4.37. The van der Waals surface area contributed by atoms with Crippen molar-refractivity contribution in [3.63, 3.8) is 0 Å². The van der Waals surface area contributed by atoms with Gasteiger partial charge in [-0.25, -0.2) is 0 Å². The van der Waals surface area contributed by atoms with E-state index in [1.165, 1.54) is 6.92 Å². The van der Waals surface area contributed by atoms with Crippen LogP contribution in [0.25, 0.3) is 0 Å². The molecule has 1 rings (SSSR count). The van der Waals surface area contributed by atoms with E-state index in [0.717, 1.165) is 15.0 Å². The number of carbonyl (C=O) groups excluding carboxylic acids is 1. The van der Waals surface area contributed by atoms with Crippen LogP contribution in [0.4, 0.5) is 0 Å². The molecule has 0 atom stereocenters. The van der Waals surface area contributed by atoms with Crippen LogP contribution < -0.4 is 4.74 Å². The zero-order valence-electron chi connectivity index (χ0n) is 8.54. The SMILES string of the molecule is CC(=O)/C=C(\O)COc1cc(Br)ccc1Br. The average molecular weight is 350 g/mol. The summed E-state index contributed by atoms with van der Waals surface area (Å²) in [4.78, 5) is 10.7. The van der Waals surface area contributed by atoms with Crippen LogP contribution >= 0.6 is 31.9 Å². The fraction of sp³-hybridized carbons (Fsp3) is 0.182. The van der Waals surface area contributed by atoms with Crippen LogP contribution in [-0.4, -0.2) is 17.5 Å². The van der Waals surface area contributed by atoms with E-state index in [-0.39, 0.29) is 18.1 Å². The number of aliphatic hydroxyl groups is 1. The first-order valence-electron chi connectivity index (χ1n) is 4.47. The van der Waals surface area contributed by atoms with Crippen LogP contribution in [0.15, 0.2) is 39.0 Å². The number of hydrogen-bond acceptors (Lipinski definition) is 3. The summed E-state index contributed by atoms with van der Waals surface area (Å²) in [6.45, 7) is 1.33. The normalized spacial score (nSPS) is 11.3. The molecule has 0 bridgehead atoms. The first-order valence-corrected chi connectivity index (χ1v) is 6.05. The summed E-state index contributed by atoms with van der Waals surface area (Å²) >= 11 is 6.63. The van der Waals surface area contributed by atoms with Gasteiger partial charge in [0.25, 0.3) is 0 Å². The fourth-order valence-corrected chi connectivity index (χ4v) is 1.72. The van der Waals surface area contributed by atoms with Gasteiger partial charge in [0.2, 0.25) is 0 Å². The Morgan fingerprint density at radius 3 is 2.81 bits per heavy atom. The lowest BCUT2D eigenvalue weighted by molar-refractivity contribution is -0.112. The molecule has 0 saturated carbocycles. The molecule has 0 aliphatic heterocycles. The van der Waals surface area contributed by atoms with Gasteiger partial charge in [0.1, 0.15) is 18.1 Å². The quantitative estimate of drug-likeness (QED) is 0.667. The summed E-state index contributed by atoms with van der Waals surface area (Å²) < 4.78 is 6.99. The lowest BCUT2D eigenvalue weighted by Gasteiger charge is -2.07. The van der Waals surface area contributed by atoms with Gasteiger partial charge in [-0.3, -0.25) is 4.79 Å². The molecular weight excluding hydrogens is 340 g/mol. The van der Waals surface area contributed by atoms with Crippen molar-refractivity contribution in [3.05, 3.63) is 39.0 Å². The Morgan fingerprint density at radius 1 is 1.50 bits per heavy atom. The van der Waals surface area contributed by atoms with Gasteiger partial charge in [-0.1, -0.05) is 15.9 Å². The van der Waals surface area contributed by atoms with Crippen molar-refractivity contribution < 1.29 is 14.6 Å². The van der Waals surface area contributed by atoms with Gasteiger partial charge in [0.05, 0.1) is 4.47 Å². The van der Waals surface area contributed by atoms with Gasteiger partial charge in [0, 0.05) is 10.5 Å². The van der Waals surface area contributed by atoms with Crippen molar-refractivity contribution in [2.45, 2.75) is 6.92 Å². The summed E-state index contributed by atoms with van der Waals surface area (Å²) in [6, 6.07) is 5.46. The number of benzene rings is 1. The zero-order chi connectivity index (χ0) is 12.1. The van der Waals surface area contributed by atoms with Crippen LogP contribution in [-0.2, 0) is 4.79 Å². The molecule has 86 valence electrons. The maximum atomic E-state index is 10.7. The molecule has 1 aromatic rings. The molecule has 0 fully saturated rings. The van der Waals surface area contributed by atoms with Crippen LogP contribution in [0.2, 0.25) is 0 Å². The Balaban J connectivity index is 2.68. The van der Waals surface area contributed by atoms with E-state index in [9.17, 15) is 9.90 Å². The summed E-state index contributed by atoms with van der Waals surface area (Å²) in [7, 11) is 0. The molecular formula is C11H10Br2O3. The van der Waals surface area contributed by atoms with E-state index in [1.807, 2.05) is 12.1 Å². The molecule has 0 saturated heterocycles. The number of ether oxygens (including phenoxy) is 1. The summed E-state index contributed by atoms with van der Waals surface area (Å²) in [5.74, 6) is 0.284. The van der Waals surface area contributed by atoms with Crippen molar-refractivity contribution in [2.24, 2.45) is 0 Å². The molecule has 0 unspecified atom stereocenters. The molecule has 0 aromatic heterocycles.